The van der Waals surface area contributed by atoms with Gasteiger partial charge < -0.3 is 4.74 Å². The second kappa shape index (κ2) is 4.54. The van der Waals surface area contributed by atoms with E-state index < -0.39 is 36.3 Å². The van der Waals surface area contributed by atoms with E-state index in [4.69, 9.17) is 0 Å². The van der Waals surface area contributed by atoms with Crippen LogP contribution in [-0.4, -0.2) is 29.8 Å². The third kappa shape index (κ3) is 3.02. The van der Waals surface area contributed by atoms with Crippen LogP contribution < -0.4 is 0 Å². The maximum absolute atomic E-state index is 13.1. The van der Waals surface area contributed by atoms with Crippen molar-refractivity contribution in [3.63, 3.8) is 0 Å². The van der Waals surface area contributed by atoms with E-state index in [1.165, 1.54) is 0 Å². The Hall–Kier alpha value is -1.09. The zero-order valence-corrected chi connectivity index (χ0v) is 9.05. The largest absolute Gasteiger partial charge is 0.470 e. The molecule has 0 fully saturated rings. The molecule has 0 rings (SSSR count). The topological polar surface area (TPSA) is 26.3 Å². The van der Waals surface area contributed by atoms with E-state index in [2.05, 4.69) is 4.74 Å². The summed E-state index contributed by atoms with van der Waals surface area (Å²) >= 11 is 0. The van der Waals surface area contributed by atoms with Gasteiger partial charge >= 0.3 is 24.2 Å². The maximum atomic E-state index is 13.1. The van der Waals surface area contributed by atoms with E-state index in [0.29, 0.717) is 6.92 Å². The molecule has 10 heteroatoms. The lowest BCUT2D eigenvalue weighted by atomic mass is 10.1. The molecule has 0 aromatic heterocycles. The van der Waals surface area contributed by atoms with Crippen LogP contribution >= 0.6 is 0 Å². The summed E-state index contributed by atoms with van der Waals surface area (Å²) in [4.78, 5) is 10.8. The number of hydrogen-bond acceptors (Lipinski definition) is 2. The number of halogens is 8. The maximum Gasteiger partial charge on any atom is 0.470 e. The molecule has 0 aromatic rings. The van der Waals surface area contributed by atoms with Gasteiger partial charge in [-0.3, -0.25) is 0 Å². The Kier molecular flexibility index (Phi) is 4.27. The zero-order valence-electron chi connectivity index (χ0n) is 9.05. The molecule has 0 saturated heterocycles. The summed E-state index contributed by atoms with van der Waals surface area (Å²) in [5.41, 5.74) is -3.16. The van der Waals surface area contributed by atoms with Crippen LogP contribution in [0.4, 0.5) is 35.1 Å². The van der Waals surface area contributed by atoms with E-state index in [9.17, 15) is 39.9 Å². The molecule has 0 heterocycles. The van der Waals surface area contributed by atoms with Gasteiger partial charge in [0.15, 0.2) is 0 Å². The Morgan fingerprint density at radius 1 is 0.944 bits per heavy atom. The van der Waals surface area contributed by atoms with Gasteiger partial charge in [0.2, 0.25) is 5.67 Å². The Labute approximate surface area is 95.9 Å². The summed E-state index contributed by atoms with van der Waals surface area (Å²) < 4.78 is 100. The van der Waals surface area contributed by atoms with Crippen molar-refractivity contribution in [1.82, 2.24) is 0 Å². The molecular formula is C8H8F8O2. The fourth-order valence-electron chi connectivity index (χ4n) is 0.655. The van der Waals surface area contributed by atoms with Crippen molar-refractivity contribution in [2.24, 2.45) is 0 Å². The van der Waals surface area contributed by atoms with Crippen LogP contribution in [0.5, 0.6) is 0 Å². The molecule has 0 amide bonds. The van der Waals surface area contributed by atoms with Gasteiger partial charge in [0, 0.05) is 0 Å². The SMILES string of the molecule is CCC(C)(F)C(=O)OC(F)(C(F)(F)F)C(F)(F)F. The van der Waals surface area contributed by atoms with Crippen LogP contribution in [0.1, 0.15) is 20.3 Å². The van der Waals surface area contributed by atoms with Gasteiger partial charge in [-0.05, 0) is 13.3 Å². The van der Waals surface area contributed by atoms with Crippen molar-refractivity contribution in [3.05, 3.63) is 0 Å². The summed E-state index contributed by atoms with van der Waals surface area (Å²) in [7, 11) is 0. The third-order valence-corrected chi connectivity index (χ3v) is 2.05. The molecule has 108 valence electrons. The molecule has 2 nitrogen and oxygen atoms in total. The monoisotopic (exact) mass is 288 g/mol. The molecule has 18 heavy (non-hydrogen) atoms. The van der Waals surface area contributed by atoms with Crippen LogP contribution in [0.3, 0.4) is 0 Å². The molecule has 0 aliphatic rings. The van der Waals surface area contributed by atoms with Crippen molar-refractivity contribution >= 4 is 5.97 Å². The van der Waals surface area contributed by atoms with Gasteiger partial charge in [0.1, 0.15) is 0 Å². The van der Waals surface area contributed by atoms with Gasteiger partial charge in [-0.2, -0.15) is 30.7 Å². The first-order valence-electron chi connectivity index (χ1n) is 4.43. The fourth-order valence-corrected chi connectivity index (χ4v) is 0.655. The first-order chi connectivity index (χ1) is 7.69. The van der Waals surface area contributed by atoms with Crippen molar-refractivity contribution in [2.45, 2.75) is 44.1 Å². The zero-order chi connectivity index (χ0) is 15.0. The lowest BCUT2D eigenvalue weighted by Gasteiger charge is -2.31. The van der Waals surface area contributed by atoms with E-state index in [1.54, 1.807) is 0 Å². The predicted molar refractivity (Wildman–Crippen MR) is 41.8 cm³/mol. The lowest BCUT2D eigenvalue weighted by molar-refractivity contribution is -0.418. The van der Waals surface area contributed by atoms with Crippen molar-refractivity contribution < 1.29 is 44.7 Å². The average molecular weight is 288 g/mol. The summed E-state index contributed by atoms with van der Waals surface area (Å²) in [5, 5.41) is 0. The quantitative estimate of drug-likeness (QED) is 0.587. The molecule has 0 N–H and O–H groups in total. The van der Waals surface area contributed by atoms with Crippen molar-refractivity contribution in [1.29, 1.82) is 0 Å². The van der Waals surface area contributed by atoms with E-state index >= 15 is 0 Å². The van der Waals surface area contributed by atoms with Crippen LogP contribution in [0.15, 0.2) is 0 Å². The molecule has 0 aliphatic heterocycles. The highest BCUT2D eigenvalue weighted by atomic mass is 19.4. The summed E-state index contributed by atoms with van der Waals surface area (Å²) in [6, 6.07) is 0. The minimum absolute atomic E-state index is 0.377. The number of hydrogen-bond donors (Lipinski definition) is 0. The summed E-state index contributed by atoms with van der Waals surface area (Å²) in [6.45, 7) is 1.34. The molecular weight excluding hydrogens is 280 g/mol. The van der Waals surface area contributed by atoms with Gasteiger partial charge in [-0.1, -0.05) is 6.92 Å². The number of alkyl halides is 8. The standard InChI is InChI=1S/C8H8F8O2/c1-3-5(2,9)4(17)18-6(10,7(11,12)13)8(14,15)16/h3H2,1-2H3. The van der Waals surface area contributed by atoms with Crippen LogP contribution in [-0.2, 0) is 9.53 Å². The van der Waals surface area contributed by atoms with Gasteiger partial charge in [0.25, 0.3) is 0 Å². The second-order valence-corrected chi connectivity index (χ2v) is 3.53. The average Bonchev–Trinajstić information content (AvgIpc) is 2.13. The highest BCUT2D eigenvalue weighted by Gasteiger charge is 2.77. The normalized spacial score (nSPS) is 17.2. The predicted octanol–water partition coefficient (Wildman–Crippen LogP) is 3.46. The minimum atomic E-state index is -6.56. The van der Waals surface area contributed by atoms with Crippen LogP contribution in [0.25, 0.3) is 0 Å². The van der Waals surface area contributed by atoms with Gasteiger partial charge in [-0.15, -0.1) is 0 Å². The number of rotatable bonds is 3. The first kappa shape index (κ1) is 16.9. The summed E-state index contributed by atoms with van der Waals surface area (Å²) in [5.74, 6) is -8.82. The molecule has 1 atom stereocenters. The molecule has 0 saturated carbocycles. The van der Waals surface area contributed by atoms with Crippen molar-refractivity contribution in [2.75, 3.05) is 0 Å². The van der Waals surface area contributed by atoms with E-state index in [1.807, 2.05) is 0 Å². The van der Waals surface area contributed by atoms with Gasteiger partial charge in [-0.25, -0.2) is 9.18 Å². The Morgan fingerprint density at radius 3 is 1.50 bits per heavy atom. The first-order valence-corrected chi connectivity index (χ1v) is 4.43. The molecule has 0 radical (unpaired) electrons. The minimum Gasteiger partial charge on any atom is -0.410 e. The molecule has 0 aliphatic carbocycles. The number of ether oxygens (including phenoxy) is 1. The molecule has 0 aromatic carbocycles. The highest BCUT2D eigenvalue weighted by Crippen LogP contribution is 2.47. The lowest BCUT2D eigenvalue weighted by Crippen LogP contribution is -2.57. The van der Waals surface area contributed by atoms with E-state index in [0.717, 1.165) is 6.92 Å². The summed E-state index contributed by atoms with van der Waals surface area (Å²) in [6.07, 6.45) is -13.9. The van der Waals surface area contributed by atoms with Crippen LogP contribution in [0, 0.1) is 0 Å². The van der Waals surface area contributed by atoms with Gasteiger partial charge in [0.05, 0.1) is 0 Å². The Balaban J connectivity index is 5.39. The third-order valence-electron chi connectivity index (χ3n) is 2.05. The number of carbonyl (C=O) groups is 1. The molecule has 0 bridgehead atoms. The second-order valence-electron chi connectivity index (χ2n) is 3.53. The number of carbonyl (C=O) groups excluding carboxylic acids is 1. The Morgan fingerprint density at radius 2 is 1.28 bits per heavy atom. The van der Waals surface area contributed by atoms with Crippen LogP contribution in [0.2, 0.25) is 0 Å². The molecule has 0 spiro atoms. The highest BCUT2D eigenvalue weighted by molar-refractivity contribution is 5.79. The number of esters is 1. The smallest absolute Gasteiger partial charge is 0.410 e. The molecule has 1 unspecified atom stereocenters. The Bertz CT molecular complexity index is 302. The fraction of sp³-hybridized carbons (Fsp3) is 0.875. The van der Waals surface area contributed by atoms with Crippen molar-refractivity contribution in [3.8, 4) is 0 Å². The van der Waals surface area contributed by atoms with E-state index in [-0.39, 0.29) is 0 Å².